The molecule has 21 heavy (non-hydrogen) atoms. The third-order valence-electron chi connectivity index (χ3n) is 2.19. The molecule has 0 aliphatic carbocycles. The van der Waals surface area contributed by atoms with Gasteiger partial charge >= 0.3 is 37.7 Å². The van der Waals surface area contributed by atoms with Crippen LogP contribution in [0.3, 0.4) is 0 Å². The fraction of sp³-hybridized carbons (Fsp3) is 0. The molecule has 0 aliphatic heterocycles. The van der Waals surface area contributed by atoms with Gasteiger partial charge in [-0.15, -0.1) is 0 Å². The van der Waals surface area contributed by atoms with Crippen LogP contribution in [0.15, 0.2) is 57.5 Å². The van der Waals surface area contributed by atoms with Gasteiger partial charge in [-0.05, 0) is 12.1 Å². The maximum atomic E-state index is 10.3. The van der Waals surface area contributed by atoms with Gasteiger partial charge in [0.2, 0.25) is 0 Å². The predicted octanol–water partition coefficient (Wildman–Crippen LogP) is 1.24. The summed E-state index contributed by atoms with van der Waals surface area (Å²) in [7, 11) is 0. The van der Waals surface area contributed by atoms with E-state index >= 15 is 0 Å². The van der Waals surface area contributed by atoms with Crippen molar-refractivity contribution in [3.8, 4) is 0 Å². The van der Waals surface area contributed by atoms with E-state index in [1.807, 2.05) is 0 Å². The van der Waals surface area contributed by atoms with E-state index in [0.717, 1.165) is 0 Å². The van der Waals surface area contributed by atoms with Crippen LogP contribution in [-0.4, -0.2) is 49.7 Å². The fourth-order valence-corrected chi connectivity index (χ4v) is 2.15. The van der Waals surface area contributed by atoms with E-state index in [1.54, 1.807) is 36.4 Å². The first-order chi connectivity index (χ1) is 9.43. The van der Waals surface area contributed by atoms with Crippen molar-refractivity contribution in [3.05, 3.63) is 68.6 Å². The van der Waals surface area contributed by atoms with E-state index in [-0.39, 0.29) is 48.9 Å². The van der Waals surface area contributed by atoms with Crippen molar-refractivity contribution in [2.75, 3.05) is 0 Å². The molecule has 0 amide bonds. The van der Waals surface area contributed by atoms with Gasteiger partial charge in [0.1, 0.15) is 0 Å². The number of carbonyl (C=O) groups is 2. The molecule has 0 saturated carbocycles. The Hall–Kier alpha value is -0.400. The monoisotopic (exact) mass is 438 g/mol. The number of halogens is 2. The SMILES string of the molecule is O=C([O-])c1ccccc1Br.O=C([O-])c1ccccc1Br.[Ca+2]. The average molecular weight is 440 g/mol. The zero-order valence-corrected chi connectivity index (χ0v) is 16.1. The summed E-state index contributed by atoms with van der Waals surface area (Å²) in [5.74, 6) is -2.32. The summed E-state index contributed by atoms with van der Waals surface area (Å²) in [6.07, 6.45) is 0. The van der Waals surface area contributed by atoms with Crippen LogP contribution in [-0.2, 0) is 0 Å². The van der Waals surface area contributed by atoms with Crippen LogP contribution in [0.1, 0.15) is 20.7 Å². The molecule has 7 heteroatoms. The van der Waals surface area contributed by atoms with Gasteiger partial charge in [0.15, 0.2) is 0 Å². The summed E-state index contributed by atoms with van der Waals surface area (Å²) in [4.78, 5) is 20.6. The Labute approximate surface area is 168 Å². The summed E-state index contributed by atoms with van der Waals surface area (Å²) >= 11 is 6.15. The minimum absolute atomic E-state index is 0. The number of hydrogen-bond donors (Lipinski definition) is 0. The molecule has 0 aliphatic rings. The maximum absolute atomic E-state index is 10.3. The number of benzene rings is 2. The number of rotatable bonds is 2. The summed E-state index contributed by atoms with van der Waals surface area (Å²) in [6, 6.07) is 13.1. The van der Waals surface area contributed by atoms with Crippen LogP contribution >= 0.6 is 31.9 Å². The molecule has 0 aromatic heterocycles. The molecule has 0 radical (unpaired) electrons. The quantitative estimate of drug-likeness (QED) is 0.659. The molecular formula is C14H8Br2CaO4. The Morgan fingerprint density at radius 1 is 0.714 bits per heavy atom. The largest absolute Gasteiger partial charge is 2.00 e. The van der Waals surface area contributed by atoms with Crippen LogP contribution < -0.4 is 10.2 Å². The zero-order valence-electron chi connectivity index (χ0n) is 10.7. The topological polar surface area (TPSA) is 80.3 Å². The summed E-state index contributed by atoms with van der Waals surface area (Å²) in [6.45, 7) is 0. The van der Waals surface area contributed by atoms with Crippen LogP contribution in [0.5, 0.6) is 0 Å². The Morgan fingerprint density at radius 3 is 1.19 bits per heavy atom. The van der Waals surface area contributed by atoms with E-state index in [9.17, 15) is 19.8 Å². The number of aromatic carboxylic acids is 2. The molecule has 0 N–H and O–H groups in total. The minimum Gasteiger partial charge on any atom is -0.545 e. The number of carboxylic acids is 2. The zero-order chi connectivity index (χ0) is 15.1. The fourth-order valence-electron chi connectivity index (χ4n) is 1.25. The number of carbonyl (C=O) groups excluding carboxylic acids is 2. The molecule has 0 saturated heterocycles. The van der Waals surface area contributed by atoms with Crippen molar-refractivity contribution in [1.29, 1.82) is 0 Å². The molecule has 0 spiro atoms. The van der Waals surface area contributed by atoms with E-state index in [1.165, 1.54) is 12.1 Å². The molecule has 0 fully saturated rings. The van der Waals surface area contributed by atoms with Crippen molar-refractivity contribution in [3.63, 3.8) is 0 Å². The first-order valence-corrected chi connectivity index (χ1v) is 6.94. The molecule has 4 nitrogen and oxygen atoms in total. The van der Waals surface area contributed by atoms with E-state index < -0.39 is 11.9 Å². The van der Waals surface area contributed by atoms with Crippen molar-refractivity contribution < 1.29 is 19.8 Å². The van der Waals surface area contributed by atoms with Gasteiger partial charge in [0, 0.05) is 20.1 Å². The van der Waals surface area contributed by atoms with E-state index in [4.69, 9.17) is 0 Å². The summed E-state index contributed by atoms with van der Waals surface area (Å²) < 4.78 is 1.10. The second-order valence-electron chi connectivity index (χ2n) is 3.53. The molecule has 2 aromatic carbocycles. The van der Waals surface area contributed by atoms with Gasteiger partial charge in [-0.25, -0.2) is 0 Å². The minimum atomic E-state index is -1.16. The third-order valence-corrected chi connectivity index (χ3v) is 3.57. The molecule has 104 valence electrons. The summed E-state index contributed by atoms with van der Waals surface area (Å²) in [5.41, 5.74) is 0.366. The third kappa shape index (κ3) is 6.93. The Balaban J connectivity index is 0.000000364. The van der Waals surface area contributed by atoms with Crippen LogP contribution in [0.25, 0.3) is 0 Å². The van der Waals surface area contributed by atoms with Crippen molar-refractivity contribution in [2.24, 2.45) is 0 Å². The Kier molecular flexibility index (Phi) is 10.1. The molecule has 0 atom stereocenters. The second-order valence-corrected chi connectivity index (χ2v) is 5.24. The molecule has 0 bridgehead atoms. The van der Waals surface area contributed by atoms with Crippen molar-refractivity contribution in [1.82, 2.24) is 0 Å². The Bertz CT molecular complexity index is 576. The first kappa shape index (κ1) is 20.6. The number of carboxylic acid groups (broad SMARTS) is 2. The molecule has 0 unspecified atom stereocenters. The first-order valence-electron chi connectivity index (χ1n) is 5.35. The molecular weight excluding hydrogens is 432 g/mol. The van der Waals surface area contributed by atoms with Crippen molar-refractivity contribution in [2.45, 2.75) is 0 Å². The maximum Gasteiger partial charge on any atom is 2.00 e. The summed E-state index contributed by atoms with van der Waals surface area (Å²) in [5, 5.41) is 20.6. The van der Waals surface area contributed by atoms with Gasteiger partial charge in [-0.1, -0.05) is 68.3 Å². The van der Waals surface area contributed by atoms with Crippen LogP contribution in [0.4, 0.5) is 0 Å². The van der Waals surface area contributed by atoms with Crippen LogP contribution in [0, 0.1) is 0 Å². The second kappa shape index (κ2) is 10.3. The smallest absolute Gasteiger partial charge is 0.545 e. The van der Waals surface area contributed by atoms with Gasteiger partial charge in [-0.3, -0.25) is 0 Å². The average Bonchev–Trinajstić information content (AvgIpc) is 2.40. The van der Waals surface area contributed by atoms with Crippen LogP contribution in [0.2, 0.25) is 0 Å². The van der Waals surface area contributed by atoms with Gasteiger partial charge in [0.05, 0.1) is 11.9 Å². The Morgan fingerprint density at radius 2 is 1.00 bits per heavy atom. The van der Waals surface area contributed by atoms with Gasteiger partial charge in [0.25, 0.3) is 0 Å². The normalized spacial score (nSPS) is 8.86. The van der Waals surface area contributed by atoms with E-state index in [0.29, 0.717) is 8.95 Å². The van der Waals surface area contributed by atoms with E-state index in [2.05, 4.69) is 31.9 Å². The molecule has 0 heterocycles. The van der Waals surface area contributed by atoms with Gasteiger partial charge < -0.3 is 19.8 Å². The predicted molar refractivity (Wildman–Crippen MR) is 82.7 cm³/mol. The standard InChI is InChI=1S/2C7H5BrO2.Ca/c2*8-6-4-2-1-3-5(6)7(9)10;/h2*1-4H,(H,9,10);/q;;+2/p-2. The molecule has 2 aromatic rings. The molecule has 2 rings (SSSR count). The number of hydrogen-bond acceptors (Lipinski definition) is 4. The van der Waals surface area contributed by atoms with Gasteiger partial charge in [-0.2, -0.15) is 0 Å². The van der Waals surface area contributed by atoms with Crippen molar-refractivity contribution >= 4 is 81.5 Å².